The van der Waals surface area contributed by atoms with Crippen molar-refractivity contribution < 1.29 is 8.78 Å². The van der Waals surface area contributed by atoms with Crippen LogP contribution in [0.1, 0.15) is 75.8 Å². The van der Waals surface area contributed by atoms with Crippen LogP contribution < -0.4 is 0 Å². The van der Waals surface area contributed by atoms with Crippen molar-refractivity contribution in [3.05, 3.63) is 59.2 Å². The molecular formula is C26H31F2N. The van der Waals surface area contributed by atoms with E-state index in [0.717, 1.165) is 24.3 Å². The van der Waals surface area contributed by atoms with E-state index in [4.69, 9.17) is 5.26 Å². The van der Waals surface area contributed by atoms with Crippen molar-refractivity contribution in [2.75, 3.05) is 0 Å². The minimum absolute atomic E-state index is 0.00849. The van der Waals surface area contributed by atoms with Crippen molar-refractivity contribution >= 4 is 0 Å². The lowest BCUT2D eigenvalue weighted by Crippen LogP contribution is -2.15. The van der Waals surface area contributed by atoms with Crippen LogP contribution in [0, 0.1) is 34.8 Å². The first kappa shape index (κ1) is 21.5. The number of unbranched alkanes of at least 4 members (excludes halogenated alkanes) is 2. The Labute approximate surface area is 173 Å². The molecule has 0 spiro atoms. The Morgan fingerprint density at radius 1 is 0.897 bits per heavy atom. The second-order valence-corrected chi connectivity index (χ2v) is 8.54. The average Bonchev–Trinajstić information content (AvgIpc) is 2.73. The molecule has 0 N–H and O–H groups in total. The van der Waals surface area contributed by atoms with Gasteiger partial charge in [0.15, 0.2) is 0 Å². The lowest BCUT2D eigenvalue weighted by atomic mass is 9.77. The van der Waals surface area contributed by atoms with E-state index in [-0.39, 0.29) is 5.56 Å². The summed E-state index contributed by atoms with van der Waals surface area (Å²) >= 11 is 0. The highest BCUT2D eigenvalue weighted by Gasteiger charge is 2.21. The first-order valence-electron chi connectivity index (χ1n) is 11.1. The second-order valence-electron chi connectivity index (χ2n) is 8.54. The molecule has 0 heterocycles. The Bertz CT molecular complexity index is 804. The van der Waals surface area contributed by atoms with E-state index in [1.54, 1.807) is 24.3 Å². The van der Waals surface area contributed by atoms with Gasteiger partial charge in [0.1, 0.15) is 11.6 Å². The van der Waals surface area contributed by atoms with Crippen LogP contribution in [0.4, 0.5) is 8.78 Å². The Morgan fingerprint density at radius 3 is 2.03 bits per heavy atom. The smallest absolute Gasteiger partial charge is 0.134 e. The maximum absolute atomic E-state index is 14.6. The largest absolute Gasteiger partial charge is 0.206 e. The fourth-order valence-corrected chi connectivity index (χ4v) is 4.62. The van der Waals surface area contributed by atoms with Gasteiger partial charge in [-0.3, -0.25) is 0 Å². The molecule has 1 nitrogen and oxygen atoms in total. The van der Waals surface area contributed by atoms with Gasteiger partial charge in [0.05, 0.1) is 17.2 Å². The van der Waals surface area contributed by atoms with E-state index in [9.17, 15) is 8.78 Å². The molecule has 0 bridgehead atoms. The predicted molar refractivity (Wildman–Crippen MR) is 114 cm³/mol. The normalized spacial score (nSPS) is 19.1. The molecular weight excluding hydrogens is 364 g/mol. The van der Waals surface area contributed by atoms with E-state index in [2.05, 4.69) is 6.92 Å². The van der Waals surface area contributed by atoms with Crippen LogP contribution in [0.15, 0.2) is 36.4 Å². The predicted octanol–water partition coefficient (Wildman–Crippen LogP) is 7.82. The third kappa shape index (κ3) is 5.89. The van der Waals surface area contributed by atoms with Gasteiger partial charge in [-0.05, 0) is 60.1 Å². The number of nitriles is 1. The SMILES string of the molecule is CCCCC[C@H]1CC[C@H](CCc2cc(F)c(-c3ccc(C#N)cc3)c(F)c2)CC1. The summed E-state index contributed by atoms with van der Waals surface area (Å²) in [6, 6.07) is 11.3. The van der Waals surface area contributed by atoms with Crippen molar-refractivity contribution in [3.63, 3.8) is 0 Å². The first-order chi connectivity index (χ1) is 14.1. The zero-order valence-corrected chi connectivity index (χ0v) is 17.4. The molecule has 1 aliphatic rings. The lowest BCUT2D eigenvalue weighted by molar-refractivity contribution is 0.249. The Kier molecular flexibility index (Phi) is 7.81. The molecule has 0 aliphatic heterocycles. The maximum atomic E-state index is 14.6. The molecule has 1 fully saturated rings. The zero-order valence-electron chi connectivity index (χ0n) is 17.4. The second kappa shape index (κ2) is 10.5. The van der Waals surface area contributed by atoms with Crippen LogP contribution >= 0.6 is 0 Å². The van der Waals surface area contributed by atoms with Gasteiger partial charge >= 0.3 is 0 Å². The van der Waals surface area contributed by atoms with Gasteiger partial charge < -0.3 is 0 Å². The molecule has 0 saturated heterocycles. The van der Waals surface area contributed by atoms with E-state index in [1.807, 2.05) is 6.07 Å². The van der Waals surface area contributed by atoms with Gasteiger partial charge in [-0.15, -0.1) is 0 Å². The summed E-state index contributed by atoms with van der Waals surface area (Å²) in [5.74, 6) is 0.523. The topological polar surface area (TPSA) is 23.8 Å². The molecule has 0 aromatic heterocycles. The number of rotatable bonds is 8. The van der Waals surface area contributed by atoms with Crippen molar-refractivity contribution in [1.82, 2.24) is 0 Å². The summed E-state index contributed by atoms with van der Waals surface area (Å²) in [4.78, 5) is 0. The van der Waals surface area contributed by atoms with Crippen LogP contribution in [-0.2, 0) is 6.42 Å². The van der Waals surface area contributed by atoms with Crippen LogP contribution in [0.25, 0.3) is 11.1 Å². The van der Waals surface area contributed by atoms with Gasteiger partial charge in [0, 0.05) is 0 Å². The highest BCUT2D eigenvalue weighted by molar-refractivity contribution is 5.66. The highest BCUT2D eigenvalue weighted by atomic mass is 19.1. The lowest BCUT2D eigenvalue weighted by Gasteiger charge is -2.28. The molecule has 1 aliphatic carbocycles. The molecule has 3 rings (SSSR count). The van der Waals surface area contributed by atoms with Gasteiger partial charge in [-0.2, -0.15) is 5.26 Å². The van der Waals surface area contributed by atoms with Gasteiger partial charge in [0.25, 0.3) is 0 Å². The average molecular weight is 396 g/mol. The van der Waals surface area contributed by atoms with Gasteiger partial charge in [-0.25, -0.2) is 8.78 Å². The minimum Gasteiger partial charge on any atom is -0.206 e. The number of nitrogens with zero attached hydrogens (tertiary/aromatic N) is 1. The van der Waals surface area contributed by atoms with Crippen molar-refractivity contribution in [3.8, 4) is 17.2 Å². The fraction of sp³-hybridized carbons (Fsp3) is 0.500. The molecule has 1 saturated carbocycles. The Hall–Kier alpha value is -2.21. The highest BCUT2D eigenvalue weighted by Crippen LogP contribution is 2.35. The molecule has 0 radical (unpaired) electrons. The van der Waals surface area contributed by atoms with Crippen LogP contribution in [-0.4, -0.2) is 0 Å². The molecule has 29 heavy (non-hydrogen) atoms. The van der Waals surface area contributed by atoms with Gasteiger partial charge in [-0.1, -0.05) is 70.4 Å². The van der Waals surface area contributed by atoms with Crippen molar-refractivity contribution in [1.29, 1.82) is 5.26 Å². The molecule has 2 aromatic carbocycles. The summed E-state index contributed by atoms with van der Waals surface area (Å²) in [6.07, 6.45) is 12.2. The Balaban J connectivity index is 1.55. The molecule has 0 atom stereocenters. The quantitative estimate of drug-likeness (QED) is 0.418. The molecule has 0 amide bonds. The summed E-state index contributed by atoms with van der Waals surface area (Å²) in [5.41, 5.74) is 1.67. The number of hydrogen-bond donors (Lipinski definition) is 0. The van der Waals surface area contributed by atoms with Crippen LogP contribution in [0.5, 0.6) is 0 Å². The molecule has 0 unspecified atom stereocenters. The third-order valence-electron chi connectivity index (χ3n) is 6.43. The maximum Gasteiger partial charge on any atom is 0.134 e. The van der Waals surface area contributed by atoms with Crippen molar-refractivity contribution in [2.24, 2.45) is 11.8 Å². The number of halogens is 2. The Morgan fingerprint density at radius 2 is 1.48 bits per heavy atom. The third-order valence-corrected chi connectivity index (χ3v) is 6.43. The minimum atomic E-state index is -0.524. The zero-order chi connectivity index (χ0) is 20.6. The van der Waals surface area contributed by atoms with Crippen molar-refractivity contribution in [2.45, 2.75) is 71.1 Å². The molecule has 154 valence electrons. The molecule has 3 heteroatoms. The van der Waals surface area contributed by atoms with E-state index >= 15 is 0 Å². The first-order valence-corrected chi connectivity index (χ1v) is 11.1. The summed E-state index contributed by atoms with van der Waals surface area (Å²) in [5, 5.41) is 8.88. The summed E-state index contributed by atoms with van der Waals surface area (Å²) < 4.78 is 29.3. The summed E-state index contributed by atoms with van der Waals surface area (Å²) in [6.45, 7) is 2.25. The van der Waals surface area contributed by atoms with Crippen LogP contribution in [0.2, 0.25) is 0 Å². The fourth-order valence-electron chi connectivity index (χ4n) is 4.62. The summed E-state index contributed by atoms with van der Waals surface area (Å²) in [7, 11) is 0. The monoisotopic (exact) mass is 395 g/mol. The number of aryl methyl sites for hydroxylation is 1. The van der Waals surface area contributed by atoms with Gasteiger partial charge in [0.2, 0.25) is 0 Å². The molecule has 2 aromatic rings. The standard InChI is InChI=1S/C26H31F2N/c1-2-3-4-5-19-6-8-20(9-7-19)10-11-22-16-24(27)26(25(28)17-22)23-14-12-21(18-29)13-15-23/h12-17,19-20H,2-11H2,1H3/t19-,20-. The number of benzene rings is 2. The van der Waals surface area contributed by atoms with E-state index < -0.39 is 11.6 Å². The number of hydrogen-bond acceptors (Lipinski definition) is 1. The van der Waals surface area contributed by atoms with Crippen LogP contribution in [0.3, 0.4) is 0 Å². The van der Waals surface area contributed by atoms with E-state index in [1.165, 1.54) is 63.5 Å². The van der Waals surface area contributed by atoms with E-state index in [0.29, 0.717) is 17.0 Å².